The van der Waals surface area contributed by atoms with Gasteiger partial charge in [-0.2, -0.15) is 0 Å². The summed E-state index contributed by atoms with van der Waals surface area (Å²) in [6.07, 6.45) is 5.33. The summed E-state index contributed by atoms with van der Waals surface area (Å²) < 4.78 is 0. The molecule has 0 aliphatic carbocycles. The average molecular weight is 273 g/mol. The summed E-state index contributed by atoms with van der Waals surface area (Å²) in [5.74, 6) is -1.29. The summed E-state index contributed by atoms with van der Waals surface area (Å²) in [5.41, 5.74) is 1.82. The normalized spacial score (nSPS) is 15.8. The van der Waals surface area contributed by atoms with Gasteiger partial charge in [-0.1, -0.05) is 44.4 Å². The number of carbonyl (C=O) groups excluding carboxylic acids is 1. The Hall–Kier alpha value is -2.10. The molecule has 106 valence electrons. The Labute approximate surface area is 118 Å². The topological polar surface area (TPSA) is 57.6 Å². The summed E-state index contributed by atoms with van der Waals surface area (Å²) in [5, 5.41) is 8.90. The van der Waals surface area contributed by atoms with Gasteiger partial charge in [-0.15, -0.1) is 0 Å². The summed E-state index contributed by atoms with van der Waals surface area (Å²) >= 11 is 0. The molecule has 1 aliphatic heterocycles. The van der Waals surface area contributed by atoms with Crippen LogP contribution in [-0.2, 0) is 9.59 Å². The van der Waals surface area contributed by atoms with Crippen molar-refractivity contribution < 1.29 is 14.7 Å². The molecule has 0 saturated heterocycles. The van der Waals surface area contributed by atoms with Gasteiger partial charge < -0.3 is 10.0 Å². The minimum atomic E-state index is -1.09. The van der Waals surface area contributed by atoms with E-state index in [1.165, 1.54) is 0 Å². The predicted molar refractivity (Wildman–Crippen MR) is 78.5 cm³/mol. The standard InChI is InChI=1S/C16H19NO3/c1-2-3-4-7-10-17-14-9-6-5-8-12(14)13(16(17)20)11-15(18)19/h5-6,8-9,11H,2-4,7,10H2,1H3,(H,18,19)/b13-11+. The van der Waals surface area contributed by atoms with Gasteiger partial charge in [0.25, 0.3) is 5.91 Å². The van der Waals surface area contributed by atoms with Gasteiger partial charge in [0, 0.05) is 18.2 Å². The van der Waals surface area contributed by atoms with Gasteiger partial charge in [0.15, 0.2) is 0 Å². The number of hydrogen-bond donors (Lipinski definition) is 1. The molecule has 1 heterocycles. The van der Waals surface area contributed by atoms with Gasteiger partial charge in [-0.3, -0.25) is 4.79 Å². The molecule has 1 N–H and O–H groups in total. The zero-order chi connectivity index (χ0) is 14.5. The highest BCUT2D eigenvalue weighted by Gasteiger charge is 2.31. The Morgan fingerprint density at radius 2 is 2.00 bits per heavy atom. The zero-order valence-electron chi connectivity index (χ0n) is 11.6. The van der Waals surface area contributed by atoms with Gasteiger partial charge in [-0.25, -0.2) is 4.79 Å². The molecule has 20 heavy (non-hydrogen) atoms. The number of benzene rings is 1. The Morgan fingerprint density at radius 3 is 2.70 bits per heavy atom. The molecule has 0 aromatic heterocycles. The molecule has 0 spiro atoms. The molecule has 0 unspecified atom stereocenters. The number of carboxylic acid groups (broad SMARTS) is 1. The van der Waals surface area contributed by atoms with Gasteiger partial charge in [0.05, 0.1) is 11.3 Å². The molecule has 1 aromatic carbocycles. The minimum Gasteiger partial charge on any atom is -0.478 e. The maximum absolute atomic E-state index is 12.4. The molecule has 0 fully saturated rings. The van der Waals surface area contributed by atoms with E-state index in [4.69, 9.17) is 5.11 Å². The van der Waals surface area contributed by atoms with Crippen LogP contribution in [0.3, 0.4) is 0 Å². The van der Waals surface area contributed by atoms with E-state index in [-0.39, 0.29) is 11.5 Å². The van der Waals surface area contributed by atoms with Crippen LogP contribution >= 0.6 is 0 Å². The van der Waals surface area contributed by atoms with E-state index in [1.54, 1.807) is 11.0 Å². The summed E-state index contributed by atoms with van der Waals surface area (Å²) in [6.45, 7) is 2.79. The van der Waals surface area contributed by atoms with E-state index in [9.17, 15) is 9.59 Å². The summed E-state index contributed by atoms with van der Waals surface area (Å²) in [7, 11) is 0. The summed E-state index contributed by atoms with van der Waals surface area (Å²) in [4.78, 5) is 24.9. The second-order valence-electron chi connectivity index (χ2n) is 4.93. The number of aliphatic carboxylic acids is 1. The molecule has 1 aliphatic rings. The fourth-order valence-electron chi connectivity index (χ4n) is 2.49. The van der Waals surface area contributed by atoms with Crippen molar-refractivity contribution in [1.29, 1.82) is 0 Å². The van der Waals surface area contributed by atoms with Gasteiger partial charge in [-0.05, 0) is 12.5 Å². The Morgan fingerprint density at radius 1 is 1.25 bits per heavy atom. The fourth-order valence-corrected chi connectivity index (χ4v) is 2.49. The quantitative estimate of drug-likeness (QED) is 0.640. The first-order valence-electron chi connectivity index (χ1n) is 7.01. The first-order valence-corrected chi connectivity index (χ1v) is 7.01. The highest BCUT2D eigenvalue weighted by atomic mass is 16.4. The highest BCUT2D eigenvalue weighted by Crippen LogP contribution is 2.36. The molecule has 4 heteroatoms. The maximum Gasteiger partial charge on any atom is 0.329 e. The molecular formula is C16H19NO3. The van der Waals surface area contributed by atoms with Crippen molar-refractivity contribution in [3.63, 3.8) is 0 Å². The van der Waals surface area contributed by atoms with Gasteiger partial charge in [0.2, 0.25) is 0 Å². The lowest BCUT2D eigenvalue weighted by atomic mass is 10.1. The number of hydrogen-bond acceptors (Lipinski definition) is 2. The third-order valence-electron chi connectivity index (χ3n) is 3.46. The van der Waals surface area contributed by atoms with E-state index in [2.05, 4.69) is 6.92 Å². The van der Waals surface area contributed by atoms with Gasteiger partial charge in [0.1, 0.15) is 0 Å². The molecule has 0 saturated carbocycles. The van der Waals surface area contributed by atoms with Crippen LogP contribution in [0.4, 0.5) is 5.69 Å². The van der Waals surface area contributed by atoms with Crippen molar-refractivity contribution in [2.45, 2.75) is 32.6 Å². The third-order valence-corrected chi connectivity index (χ3v) is 3.46. The number of unbranched alkanes of at least 4 members (excludes halogenated alkanes) is 3. The SMILES string of the molecule is CCCCCCN1C(=O)/C(=C/C(=O)O)c2ccccc21. The monoisotopic (exact) mass is 273 g/mol. The van der Waals surface area contributed by atoms with E-state index in [0.29, 0.717) is 6.54 Å². The molecule has 0 bridgehead atoms. The Bertz CT molecular complexity index is 548. The first-order chi connectivity index (χ1) is 9.65. The Kier molecular flexibility index (Phi) is 4.56. The number of anilines is 1. The van der Waals surface area contributed by atoms with E-state index in [1.807, 2.05) is 18.2 Å². The van der Waals surface area contributed by atoms with Crippen LogP contribution in [0.5, 0.6) is 0 Å². The molecule has 4 nitrogen and oxygen atoms in total. The van der Waals surface area contributed by atoms with E-state index < -0.39 is 5.97 Å². The lowest BCUT2D eigenvalue weighted by Crippen LogP contribution is -2.27. The minimum absolute atomic E-state index is 0.204. The lowest BCUT2D eigenvalue weighted by molar-refractivity contribution is -0.131. The molecule has 2 rings (SSSR count). The van der Waals surface area contributed by atoms with Crippen LogP contribution in [0.15, 0.2) is 30.3 Å². The third kappa shape index (κ3) is 2.90. The number of nitrogens with zero attached hydrogens (tertiary/aromatic N) is 1. The number of amides is 1. The van der Waals surface area contributed by atoms with Gasteiger partial charge >= 0.3 is 5.97 Å². The fraction of sp³-hybridized carbons (Fsp3) is 0.375. The second kappa shape index (κ2) is 6.37. The van der Waals surface area contributed by atoms with Crippen molar-refractivity contribution in [1.82, 2.24) is 0 Å². The van der Waals surface area contributed by atoms with Crippen LogP contribution in [0.1, 0.15) is 38.2 Å². The highest BCUT2D eigenvalue weighted by molar-refractivity contribution is 6.34. The van der Waals surface area contributed by atoms with E-state index >= 15 is 0 Å². The molecule has 0 atom stereocenters. The van der Waals surface area contributed by atoms with Crippen molar-refractivity contribution >= 4 is 23.1 Å². The number of para-hydroxylation sites is 1. The van der Waals surface area contributed by atoms with Crippen molar-refractivity contribution in [2.24, 2.45) is 0 Å². The number of carboxylic acids is 1. The van der Waals surface area contributed by atoms with Crippen LogP contribution < -0.4 is 4.90 Å². The number of fused-ring (bicyclic) bond motifs is 1. The van der Waals surface area contributed by atoms with Crippen molar-refractivity contribution in [2.75, 3.05) is 11.4 Å². The molecule has 1 amide bonds. The lowest BCUT2D eigenvalue weighted by Gasteiger charge is -2.16. The number of rotatable bonds is 6. The largest absolute Gasteiger partial charge is 0.478 e. The zero-order valence-corrected chi connectivity index (χ0v) is 11.6. The summed E-state index contributed by atoms with van der Waals surface area (Å²) in [6, 6.07) is 7.36. The maximum atomic E-state index is 12.4. The van der Waals surface area contributed by atoms with Crippen LogP contribution in [-0.4, -0.2) is 23.5 Å². The Balaban J connectivity index is 2.22. The van der Waals surface area contributed by atoms with Crippen LogP contribution in [0, 0.1) is 0 Å². The molecular weight excluding hydrogens is 254 g/mol. The van der Waals surface area contributed by atoms with Crippen molar-refractivity contribution in [3.05, 3.63) is 35.9 Å². The smallest absolute Gasteiger partial charge is 0.329 e. The molecule has 1 aromatic rings. The van der Waals surface area contributed by atoms with E-state index in [0.717, 1.165) is 43.0 Å². The second-order valence-corrected chi connectivity index (χ2v) is 4.93. The average Bonchev–Trinajstić information content (AvgIpc) is 2.68. The number of carbonyl (C=O) groups is 2. The first kappa shape index (κ1) is 14.3. The van der Waals surface area contributed by atoms with Crippen molar-refractivity contribution in [3.8, 4) is 0 Å². The van der Waals surface area contributed by atoms with Crippen LogP contribution in [0.25, 0.3) is 5.57 Å². The van der Waals surface area contributed by atoms with Crippen LogP contribution in [0.2, 0.25) is 0 Å². The predicted octanol–water partition coefficient (Wildman–Crippen LogP) is 3.08. The molecule has 0 radical (unpaired) electrons.